The second kappa shape index (κ2) is 9.20. The Hall–Kier alpha value is -2.84. The molecule has 142 valence electrons. The smallest absolute Gasteiger partial charge is 0.212 e. The zero-order valence-electron chi connectivity index (χ0n) is 15.1. The van der Waals surface area contributed by atoms with Gasteiger partial charge in [-0.05, 0) is 24.6 Å². The number of nitrogens with one attached hydrogen (secondary N) is 1. The second-order valence-electron chi connectivity index (χ2n) is 5.79. The van der Waals surface area contributed by atoms with Crippen molar-refractivity contribution in [1.82, 2.24) is 10.3 Å². The Kier molecular flexibility index (Phi) is 6.45. The van der Waals surface area contributed by atoms with Crippen molar-refractivity contribution in [3.63, 3.8) is 0 Å². The second-order valence-corrected chi connectivity index (χ2v) is 6.63. The van der Waals surface area contributed by atoms with Crippen LogP contribution in [0.4, 0.5) is 5.13 Å². The van der Waals surface area contributed by atoms with E-state index in [2.05, 4.69) is 22.2 Å². The lowest BCUT2D eigenvalue weighted by molar-refractivity contribution is 0.314. The number of rotatable bonds is 8. The summed E-state index contributed by atoms with van der Waals surface area (Å²) in [4.78, 5) is 8.76. The average Bonchev–Trinajstić information content (AvgIpc) is 3.34. The SMILES string of the molecule is CCCOc1ccccc1CNC(N)=Nc1nc(-c2ccc(CN)o2)cs1. The van der Waals surface area contributed by atoms with Crippen LogP contribution in [0.1, 0.15) is 24.7 Å². The highest BCUT2D eigenvalue weighted by Crippen LogP contribution is 2.28. The molecule has 0 unspecified atom stereocenters. The van der Waals surface area contributed by atoms with E-state index in [0.717, 1.165) is 17.7 Å². The van der Waals surface area contributed by atoms with Crippen LogP contribution in [-0.4, -0.2) is 17.6 Å². The quantitative estimate of drug-likeness (QED) is 0.405. The maximum absolute atomic E-state index is 6.00. The number of hydrogen-bond acceptors (Lipinski definition) is 6. The van der Waals surface area contributed by atoms with Crippen LogP contribution in [0.3, 0.4) is 0 Å². The van der Waals surface area contributed by atoms with Crippen LogP contribution in [0.2, 0.25) is 0 Å². The number of nitrogens with zero attached hydrogens (tertiary/aromatic N) is 2. The molecule has 0 aliphatic heterocycles. The lowest BCUT2D eigenvalue weighted by atomic mass is 10.2. The molecule has 0 bridgehead atoms. The van der Waals surface area contributed by atoms with Gasteiger partial charge in [0.15, 0.2) is 11.7 Å². The normalized spacial score (nSPS) is 11.6. The van der Waals surface area contributed by atoms with Crippen molar-refractivity contribution in [3.05, 3.63) is 53.1 Å². The number of hydrogen-bond donors (Lipinski definition) is 3. The van der Waals surface area contributed by atoms with Crippen LogP contribution in [0.15, 0.2) is 51.2 Å². The standard InChI is InChI=1S/C19H23N5O2S/c1-2-9-25-16-6-4-3-5-13(16)11-22-18(21)24-19-23-15(12-27-19)17-8-7-14(10-20)26-17/h3-8,12H,2,9-11,20H2,1H3,(H3,21,22,23,24). The van der Waals surface area contributed by atoms with Crippen LogP contribution < -0.4 is 21.5 Å². The molecule has 7 nitrogen and oxygen atoms in total. The first-order valence-corrected chi connectivity index (χ1v) is 9.61. The zero-order chi connectivity index (χ0) is 19.1. The summed E-state index contributed by atoms with van der Waals surface area (Å²) >= 11 is 1.39. The molecule has 0 saturated heterocycles. The van der Waals surface area contributed by atoms with E-state index < -0.39 is 0 Å². The zero-order valence-corrected chi connectivity index (χ0v) is 16.0. The van der Waals surface area contributed by atoms with Gasteiger partial charge in [-0.15, -0.1) is 11.3 Å². The number of para-hydroxylation sites is 1. The highest BCUT2D eigenvalue weighted by atomic mass is 32.1. The molecule has 0 aliphatic carbocycles. The maximum Gasteiger partial charge on any atom is 0.212 e. The van der Waals surface area contributed by atoms with E-state index in [9.17, 15) is 0 Å². The monoisotopic (exact) mass is 385 g/mol. The molecule has 0 amide bonds. The molecule has 2 aromatic heterocycles. The Morgan fingerprint density at radius 3 is 2.93 bits per heavy atom. The predicted molar refractivity (Wildman–Crippen MR) is 108 cm³/mol. The molecule has 0 fully saturated rings. The number of aliphatic imine (C=N–C) groups is 1. The number of guanidine groups is 1. The van der Waals surface area contributed by atoms with Crippen molar-refractivity contribution in [2.75, 3.05) is 6.61 Å². The molecule has 0 atom stereocenters. The molecule has 3 aromatic rings. The molecule has 3 rings (SSSR count). The fourth-order valence-electron chi connectivity index (χ4n) is 2.39. The predicted octanol–water partition coefficient (Wildman–Crippen LogP) is 3.39. The number of furan rings is 1. The maximum atomic E-state index is 6.00. The summed E-state index contributed by atoms with van der Waals surface area (Å²) < 4.78 is 11.3. The molecule has 0 radical (unpaired) electrons. The summed E-state index contributed by atoms with van der Waals surface area (Å²) in [6.07, 6.45) is 0.959. The summed E-state index contributed by atoms with van der Waals surface area (Å²) in [6.45, 7) is 3.63. The van der Waals surface area contributed by atoms with E-state index in [-0.39, 0.29) is 0 Å². The van der Waals surface area contributed by atoms with E-state index in [4.69, 9.17) is 20.6 Å². The highest BCUT2D eigenvalue weighted by Gasteiger charge is 2.09. The Balaban J connectivity index is 1.63. The Morgan fingerprint density at radius 2 is 2.15 bits per heavy atom. The van der Waals surface area contributed by atoms with Gasteiger partial charge < -0.3 is 25.9 Å². The van der Waals surface area contributed by atoms with Crippen LogP contribution in [0.25, 0.3) is 11.5 Å². The van der Waals surface area contributed by atoms with Gasteiger partial charge in [-0.3, -0.25) is 0 Å². The topological polar surface area (TPSA) is 112 Å². The summed E-state index contributed by atoms with van der Waals surface area (Å²) in [7, 11) is 0. The first kappa shape index (κ1) is 18.9. The minimum absolute atomic E-state index is 0.295. The fraction of sp³-hybridized carbons (Fsp3) is 0.263. The van der Waals surface area contributed by atoms with Gasteiger partial charge in [0.1, 0.15) is 17.2 Å². The van der Waals surface area contributed by atoms with E-state index >= 15 is 0 Å². The van der Waals surface area contributed by atoms with Gasteiger partial charge in [0, 0.05) is 17.5 Å². The number of aromatic nitrogens is 1. The van der Waals surface area contributed by atoms with Crippen molar-refractivity contribution >= 4 is 22.4 Å². The van der Waals surface area contributed by atoms with Gasteiger partial charge >= 0.3 is 0 Å². The highest BCUT2D eigenvalue weighted by molar-refractivity contribution is 7.13. The Bertz CT molecular complexity index is 903. The minimum atomic E-state index is 0.295. The average molecular weight is 385 g/mol. The van der Waals surface area contributed by atoms with Crippen molar-refractivity contribution < 1.29 is 9.15 Å². The third-order valence-electron chi connectivity index (χ3n) is 3.72. The molecule has 0 saturated carbocycles. The van der Waals surface area contributed by atoms with Gasteiger partial charge in [-0.25, -0.2) is 4.98 Å². The number of nitrogens with two attached hydrogens (primary N) is 2. The van der Waals surface area contributed by atoms with E-state index in [1.807, 2.05) is 41.8 Å². The minimum Gasteiger partial charge on any atom is -0.493 e. The Labute approximate surface area is 162 Å². The first-order valence-electron chi connectivity index (χ1n) is 8.73. The lowest BCUT2D eigenvalue weighted by Gasteiger charge is -2.11. The van der Waals surface area contributed by atoms with Gasteiger partial charge in [0.05, 0.1) is 13.2 Å². The Morgan fingerprint density at radius 1 is 1.30 bits per heavy atom. The van der Waals surface area contributed by atoms with Crippen molar-refractivity contribution in [2.45, 2.75) is 26.4 Å². The summed E-state index contributed by atoms with van der Waals surface area (Å²) in [5.41, 5.74) is 13.3. The van der Waals surface area contributed by atoms with Crippen molar-refractivity contribution in [2.24, 2.45) is 16.5 Å². The third-order valence-corrected chi connectivity index (χ3v) is 4.45. The summed E-state index contributed by atoms with van der Waals surface area (Å²) in [5, 5.41) is 5.53. The van der Waals surface area contributed by atoms with Gasteiger partial charge in [-0.2, -0.15) is 4.99 Å². The van der Waals surface area contributed by atoms with Gasteiger partial charge in [0.2, 0.25) is 5.13 Å². The van der Waals surface area contributed by atoms with Gasteiger partial charge in [0.25, 0.3) is 0 Å². The molecule has 0 aliphatic rings. The molecular weight excluding hydrogens is 362 g/mol. The lowest BCUT2D eigenvalue weighted by Crippen LogP contribution is -2.30. The molecule has 2 heterocycles. The summed E-state index contributed by atoms with van der Waals surface area (Å²) in [5.74, 6) is 2.53. The largest absolute Gasteiger partial charge is 0.493 e. The fourth-order valence-corrected chi connectivity index (χ4v) is 3.07. The first-order chi connectivity index (χ1) is 13.2. The van der Waals surface area contributed by atoms with Gasteiger partial charge in [-0.1, -0.05) is 25.1 Å². The van der Waals surface area contributed by atoms with Crippen LogP contribution in [0, 0.1) is 0 Å². The van der Waals surface area contributed by atoms with Crippen LogP contribution in [-0.2, 0) is 13.1 Å². The van der Waals surface area contributed by atoms with Crippen LogP contribution >= 0.6 is 11.3 Å². The number of thiazole rings is 1. The van der Waals surface area contributed by atoms with Crippen molar-refractivity contribution in [3.8, 4) is 17.2 Å². The molecule has 1 aromatic carbocycles. The number of ether oxygens (including phenoxy) is 1. The van der Waals surface area contributed by atoms with Crippen LogP contribution in [0.5, 0.6) is 5.75 Å². The molecule has 27 heavy (non-hydrogen) atoms. The molecule has 8 heteroatoms. The summed E-state index contributed by atoms with van der Waals surface area (Å²) in [6, 6.07) is 11.6. The van der Waals surface area contributed by atoms with Crippen molar-refractivity contribution in [1.29, 1.82) is 0 Å². The van der Waals surface area contributed by atoms with E-state index in [1.165, 1.54) is 11.3 Å². The number of benzene rings is 1. The third kappa shape index (κ3) is 5.08. The molecule has 0 spiro atoms. The van der Waals surface area contributed by atoms with E-state index in [0.29, 0.717) is 48.0 Å². The molecule has 5 N–H and O–H groups in total. The molecular formula is C19H23N5O2S. The van der Waals surface area contributed by atoms with E-state index in [1.54, 1.807) is 0 Å².